The van der Waals surface area contributed by atoms with E-state index in [0.717, 1.165) is 0 Å². The Bertz CT molecular complexity index is 409. The Hall–Kier alpha value is -1.52. The van der Waals surface area contributed by atoms with E-state index < -0.39 is 5.97 Å². The molecule has 0 amide bonds. The number of aliphatic carboxylic acids is 1. The monoisotopic (exact) mass is 269 g/mol. The third-order valence-electron chi connectivity index (χ3n) is 2.25. The molecule has 0 saturated carbocycles. The Balaban J connectivity index is 2.41. The van der Waals surface area contributed by atoms with Crippen LogP contribution in [-0.2, 0) is 4.79 Å². The van der Waals surface area contributed by atoms with Crippen LogP contribution in [0.4, 0.5) is 0 Å². The maximum atomic E-state index is 10.6. The molecule has 0 atom stereocenters. The second-order valence-corrected chi connectivity index (χ2v) is 4.10. The van der Waals surface area contributed by atoms with Crippen LogP contribution in [-0.4, -0.2) is 42.2 Å². The van der Waals surface area contributed by atoms with Crippen molar-refractivity contribution in [2.45, 2.75) is 0 Å². The summed E-state index contributed by atoms with van der Waals surface area (Å²) >= 11 is 5.94. The molecular weight excluding hydrogens is 254 g/mol. The standard InChI is InChI=1S/C13H16ClNO3/c1-2-7-15(10-13(16)17)8-9-18-12-6-4-3-5-11(12)14/h2-6H,1,7-10H2,(H,16,17). The van der Waals surface area contributed by atoms with Gasteiger partial charge in [0.05, 0.1) is 11.6 Å². The summed E-state index contributed by atoms with van der Waals surface area (Å²) in [4.78, 5) is 12.4. The van der Waals surface area contributed by atoms with Crippen molar-refractivity contribution in [2.24, 2.45) is 0 Å². The van der Waals surface area contributed by atoms with E-state index >= 15 is 0 Å². The van der Waals surface area contributed by atoms with E-state index in [-0.39, 0.29) is 6.54 Å². The van der Waals surface area contributed by atoms with Crippen LogP contribution < -0.4 is 4.74 Å². The molecule has 5 heteroatoms. The molecule has 0 unspecified atom stereocenters. The molecular formula is C13H16ClNO3. The molecule has 0 bridgehead atoms. The fourth-order valence-corrected chi connectivity index (χ4v) is 1.65. The number of carboxylic acids is 1. The van der Waals surface area contributed by atoms with Crippen LogP contribution in [0.5, 0.6) is 5.75 Å². The number of halogens is 1. The highest BCUT2D eigenvalue weighted by atomic mass is 35.5. The first-order chi connectivity index (χ1) is 8.63. The molecule has 1 N–H and O–H groups in total. The molecule has 0 fully saturated rings. The van der Waals surface area contributed by atoms with Crippen molar-refractivity contribution in [3.05, 3.63) is 41.9 Å². The molecule has 0 aliphatic carbocycles. The third-order valence-corrected chi connectivity index (χ3v) is 2.56. The minimum Gasteiger partial charge on any atom is -0.491 e. The molecule has 0 spiro atoms. The molecule has 1 aromatic rings. The number of carbonyl (C=O) groups is 1. The van der Waals surface area contributed by atoms with Crippen molar-refractivity contribution < 1.29 is 14.6 Å². The van der Waals surface area contributed by atoms with Crippen molar-refractivity contribution in [2.75, 3.05) is 26.2 Å². The summed E-state index contributed by atoms with van der Waals surface area (Å²) in [6.45, 7) is 4.96. The topological polar surface area (TPSA) is 49.8 Å². The van der Waals surface area contributed by atoms with Crippen molar-refractivity contribution in [3.63, 3.8) is 0 Å². The van der Waals surface area contributed by atoms with Crippen LogP contribution in [0.2, 0.25) is 5.02 Å². The largest absolute Gasteiger partial charge is 0.491 e. The van der Waals surface area contributed by atoms with Crippen molar-refractivity contribution in [1.82, 2.24) is 4.90 Å². The number of rotatable bonds is 8. The third kappa shape index (κ3) is 5.21. The fraction of sp³-hybridized carbons (Fsp3) is 0.308. The van der Waals surface area contributed by atoms with Crippen LogP contribution in [0.1, 0.15) is 0 Å². The molecule has 0 aliphatic heterocycles. The lowest BCUT2D eigenvalue weighted by Gasteiger charge is -2.18. The van der Waals surface area contributed by atoms with Gasteiger partial charge in [0.1, 0.15) is 12.4 Å². The Morgan fingerprint density at radius 3 is 2.83 bits per heavy atom. The normalized spacial score (nSPS) is 10.3. The summed E-state index contributed by atoms with van der Waals surface area (Å²) in [6, 6.07) is 7.18. The summed E-state index contributed by atoms with van der Waals surface area (Å²) < 4.78 is 5.49. The minimum atomic E-state index is -0.866. The molecule has 0 radical (unpaired) electrons. The maximum Gasteiger partial charge on any atom is 0.317 e. The van der Waals surface area contributed by atoms with Gasteiger partial charge in [0.15, 0.2) is 0 Å². The quantitative estimate of drug-likeness (QED) is 0.736. The van der Waals surface area contributed by atoms with E-state index in [4.69, 9.17) is 21.4 Å². The van der Waals surface area contributed by atoms with Gasteiger partial charge in [-0.1, -0.05) is 29.8 Å². The first kappa shape index (κ1) is 14.5. The first-order valence-electron chi connectivity index (χ1n) is 5.56. The maximum absolute atomic E-state index is 10.6. The van der Waals surface area contributed by atoms with Gasteiger partial charge in [-0.3, -0.25) is 9.69 Å². The Kier molecular flexibility index (Phi) is 6.25. The van der Waals surface area contributed by atoms with Gasteiger partial charge in [0.25, 0.3) is 0 Å². The van der Waals surface area contributed by atoms with Gasteiger partial charge in [-0.2, -0.15) is 0 Å². The number of carboxylic acid groups (broad SMARTS) is 1. The van der Waals surface area contributed by atoms with E-state index in [9.17, 15) is 4.79 Å². The molecule has 98 valence electrons. The number of para-hydroxylation sites is 1. The summed E-state index contributed by atoms with van der Waals surface area (Å²) in [7, 11) is 0. The summed E-state index contributed by atoms with van der Waals surface area (Å²) in [5.41, 5.74) is 0. The molecule has 1 aromatic carbocycles. The molecule has 4 nitrogen and oxygen atoms in total. The van der Waals surface area contributed by atoms with Gasteiger partial charge < -0.3 is 9.84 Å². The van der Waals surface area contributed by atoms with Crippen LogP contribution in [0, 0.1) is 0 Å². The van der Waals surface area contributed by atoms with Gasteiger partial charge >= 0.3 is 5.97 Å². The lowest BCUT2D eigenvalue weighted by atomic mass is 10.3. The van der Waals surface area contributed by atoms with Crippen LogP contribution in [0.25, 0.3) is 0 Å². The average molecular weight is 270 g/mol. The van der Waals surface area contributed by atoms with Crippen molar-refractivity contribution in [3.8, 4) is 5.75 Å². The number of nitrogens with zero attached hydrogens (tertiary/aromatic N) is 1. The van der Waals surface area contributed by atoms with Gasteiger partial charge in [-0.15, -0.1) is 6.58 Å². The van der Waals surface area contributed by atoms with Gasteiger partial charge in [-0.05, 0) is 12.1 Å². The van der Waals surface area contributed by atoms with Gasteiger partial charge in [0, 0.05) is 13.1 Å². The average Bonchev–Trinajstić information content (AvgIpc) is 2.31. The zero-order valence-corrected chi connectivity index (χ0v) is 10.8. The van der Waals surface area contributed by atoms with E-state index in [2.05, 4.69) is 6.58 Å². The Morgan fingerprint density at radius 2 is 2.22 bits per heavy atom. The number of ether oxygens (including phenoxy) is 1. The lowest BCUT2D eigenvalue weighted by Crippen LogP contribution is -2.33. The predicted molar refractivity (Wildman–Crippen MR) is 71.2 cm³/mol. The minimum absolute atomic E-state index is 0.0299. The van der Waals surface area contributed by atoms with Crippen LogP contribution >= 0.6 is 11.6 Å². The zero-order chi connectivity index (χ0) is 13.4. The number of hydrogen-bond donors (Lipinski definition) is 1. The molecule has 0 aromatic heterocycles. The van der Waals surface area contributed by atoms with Gasteiger partial charge in [0.2, 0.25) is 0 Å². The van der Waals surface area contributed by atoms with E-state index in [1.807, 2.05) is 12.1 Å². The van der Waals surface area contributed by atoms with E-state index in [1.165, 1.54) is 0 Å². The highest BCUT2D eigenvalue weighted by molar-refractivity contribution is 6.32. The highest BCUT2D eigenvalue weighted by Crippen LogP contribution is 2.22. The summed E-state index contributed by atoms with van der Waals surface area (Å²) in [5, 5.41) is 9.28. The van der Waals surface area contributed by atoms with Crippen molar-refractivity contribution >= 4 is 17.6 Å². The lowest BCUT2D eigenvalue weighted by molar-refractivity contribution is -0.138. The summed E-state index contributed by atoms with van der Waals surface area (Å²) in [5.74, 6) is -0.261. The predicted octanol–water partition coefficient (Wildman–Crippen LogP) is 2.29. The molecule has 18 heavy (non-hydrogen) atoms. The second-order valence-electron chi connectivity index (χ2n) is 3.70. The molecule has 1 rings (SSSR count). The Labute approximate surface area is 111 Å². The molecule has 0 aliphatic rings. The SMILES string of the molecule is C=CCN(CCOc1ccccc1Cl)CC(=O)O. The van der Waals surface area contributed by atoms with Crippen LogP contribution in [0.3, 0.4) is 0 Å². The van der Waals surface area contributed by atoms with E-state index in [0.29, 0.717) is 30.5 Å². The smallest absolute Gasteiger partial charge is 0.317 e. The summed E-state index contributed by atoms with van der Waals surface area (Å²) in [6.07, 6.45) is 1.67. The van der Waals surface area contributed by atoms with Crippen molar-refractivity contribution in [1.29, 1.82) is 0 Å². The number of hydrogen-bond acceptors (Lipinski definition) is 3. The second kappa shape index (κ2) is 7.74. The first-order valence-corrected chi connectivity index (χ1v) is 5.93. The van der Waals surface area contributed by atoms with E-state index in [1.54, 1.807) is 23.1 Å². The molecule has 0 saturated heterocycles. The highest BCUT2D eigenvalue weighted by Gasteiger charge is 2.08. The number of benzene rings is 1. The Morgan fingerprint density at radius 1 is 1.50 bits per heavy atom. The zero-order valence-electron chi connectivity index (χ0n) is 10.0. The van der Waals surface area contributed by atoms with Crippen LogP contribution in [0.15, 0.2) is 36.9 Å². The molecule has 0 heterocycles. The fourth-order valence-electron chi connectivity index (χ4n) is 1.46. The van der Waals surface area contributed by atoms with Gasteiger partial charge in [-0.25, -0.2) is 0 Å².